The molecule has 0 radical (unpaired) electrons. The van der Waals surface area contributed by atoms with Crippen LogP contribution in [0.15, 0.2) is 53.7 Å². The molecular formula is C24H32FN3O3. The molecule has 1 atom stereocenters. The van der Waals surface area contributed by atoms with Gasteiger partial charge in [0.2, 0.25) is 5.91 Å². The fraction of sp³-hybridized carbons (Fsp3) is 0.458. The van der Waals surface area contributed by atoms with E-state index in [0.29, 0.717) is 43.7 Å². The van der Waals surface area contributed by atoms with Crippen LogP contribution in [-0.4, -0.2) is 31.8 Å². The van der Waals surface area contributed by atoms with Crippen LogP contribution in [0.25, 0.3) is 0 Å². The highest BCUT2D eigenvalue weighted by atomic mass is 19.1. The first kappa shape index (κ1) is 24.3. The van der Waals surface area contributed by atoms with Crippen molar-refractivity contribution in [3.63, 3.8) is 0 Å². The largest absolute Gasteiger partial charge is 0.494 e. The monoisotopic (exact) mass is 429 g/mol. The number of halogens is 1. The van der Waals surface area contributed by atoms with E-state index in [1.54, 1.807) is 24.3 Å². The van der Waals surface area contributed by atoms with E-state index in [1.807, 2.05) is 24.3 Å². The summed E-state index contributed by atoms with van der Waals surface area (Å²) in [5.41, 5.74) is 8.55. The molecule has 1 amide bonds. The number of unbranched alkanes of at least 4 members (excludes halogenated alkanes) is 2. The molecule has 1 unspecified atom stereocenters. The van der Waals surface area contributed by atoms with Crippen LogP contribution in [0.4, 0.5) is 10.1 Å². The van der Waals surface area contributed by atoms with Gasteiger partial charge in [-0.1, -0.05) is 35.9 Å². The van der Waals surface area contributed by atoms with Crippen molar-refractivity contribution in [2.75, 3.05) is 25.6 Å². The minimum Gasteiger partial charge on any atom is -0.494 e. The molecule has 0 saturated carbocycles. The number of rotatable bonds is 15. The number of carbonyl (C=O) groups is 1. The Labute approximate surface area is 183 Å². The summed E-state index contributed by atoms with van der Waals surface area (Å²) >= 11 is 0. The standard InChI is InChI=1S/C24H32FN3O3/c25-15-3-1-2-5-19-7-9-20(10-8-19)17-22(18-27-30)28-24(29)6-4-16-31-23-13-11-21(26)12-14-23/h7-14,22H,1-6,15-18,26H2,(H,28,29). The van der Waals surface area contributed by atoms with E-state index >= 15 is 0 Å². The highest BCUT2D eigenvalue weighted by molar-refractivity contribution is 5.76. The lowest BCUT2D eigenvalue weighted by molar-refractivity contribution is -0.121. The Kier molecular flexibility index (Phi) is 11.1. The fourth-order valence-electron chi connectivity index (χ4n) is 3.26. The number of ether oxygens (including phenoxy) is 1. The topological polar surface area (TPSA) is 93.8 Å². The highest BCUT2D eigenvalue weighted by Gasteiger charge is 2.13. The van der Waals surface area contributed by atoms with E-state index in [4.69, 9.17) is 10.5 Å². The van der Waals surface area contributed by atoms with Crippen LogP contribution in [0.3, 0.4) is 0 Å². The number of nitrogen functional groups attached to an aromatic ring is 1. The molecule has 2 aromatic rings. The van der Waals surface area contributed by atoms with E-state index in [2.05, 4.69) is 10.5 Å². The van der Waals surface area contributed by atoms with Crippen molar-refractivity contribution in [2.24, 2.45) is 5.18 Å². The minimum absolute atomic E-state index is 0.0264. The SMILES string of the molecule is Nc1ccc(OCCCC(=O)NC(CN=O)Cc2ccc(CCCCCF)cc2)cc1. The number of nitrogens with one attached hydrogen (secondary N) is 1. The number of nitrogens with zero attached hydrogens (tertiary/aromatic N) is 1. The molecule has 2 rings (SSSR count). The average Bonchev–Trinajstić information content (AvgIpc) is 2.77. The first-order valence-corrected chi connectivity index (χ1v) is 10.8. The molecule has 0 saturated heterocycles. The molecule has 0 aliphatic carbocycles. The number of alkyl halides is 1. The molecular weight excluding hydrogens is 397 g/mol. The summed E-state index contributed by atoms with van der Waals surface area (Å²) in [6, 6.07) is 14.9. The predicted molar refractivity (Wildman–Crippen MR) is 122 cm³/mol. The second kappa shape index (κ2) is 14.1. The van der Waals surface area contributed by atoms with Crippen LogP contribution < -0.4 is 15.8 Å². The van der Waals surface area contributed by atoms with E-state index in [-0.39, 0.29) is 25.2 Å². The summed E-state index contributed by atoms with van der Waals surface area (Å²) in [4.78, 5) is 23.0. The van der Waals surface area contributed by atoms with Gasteiger partial charge in [0.1, 0.15) is 12.3 Å². The molecule has 0 spiro atoms. The van der Waals surface area contributed by atoms with Crippen LogP contribution in [0.5, 0.6) is 5.75 Å². The number of nitroso groups, excluding NO2 is 1. The van der Waals surface area contributed by atoms with Crippen LogP contribution >= 0.6 is 0 Å². The Morgan fingerprint density at radius 3 is 2.39 bits per heavy atom. The second-order valence-corrected chi connectivity index (χ2v) is 7.62. The first-order valence-electron chi connectivity index (χ1n) is 10.8. The molecule has 168 valence electrons. The summed E-state index contributed by atoms with van der Waals surface area (Å²) in [6.45, 7) is 0.186. The number of nitrogens with two attached hydrogens (primary N) is 1. The lowest BCUT2D eigenvalue weighted by Crippen LogP contribution is -2.38. The van der Waals surface area contributed by atoms with Gasteiger partial charge in [-0.25, -0.2) is 0 Å². The Balaban J connectivity index is 1.72. The van der Waals surface area contributed by atoms with Gasteiger partial charge in [-0.15, -0.1) is 0 Å². The maximum atomic E-state index is 12.2. The van der Waals surface area contributed by atoms with Gasteiger partial charge in [-0.3, -0.25) is 9.18 Å². The molecule has 0 aliphatic rings. The molecule has 0 bridgehead atoms. The molecule has 7 heteroatoms. The van der Waals surface area contributed by atoms with Crippen LogP contribution in [0, 0.1) is 4.91 Å². The quantitative estimate of drug-likeness (QED) is 0.246. The summed E-state index contributed by atoms with van der Waals surface area (Å²) in [6.07, 6.45) is 4.82. The average molecular weight is 430 g/mol. The Bertz CT molecular complexity index is 782. The van der Waals surface area contributed by atoms with Crippen molar-refractivity contribution in [3.8, 4) is 5.75 Å². The third-order valence-electron chi connectivity index (χ3n) is 4.96. The molecule has 0 fully saturated rings. The van der Waals surface area contributed by atoms with Crippen molar-refractivity contribution < 1.29 is 13.9 Å². The first-order chi connectivity index (χ1) is 15.1. The molecule has 31 heavy (non-hydrogen) atoms. The molecule has 0 aliphatic heterocycles. The zero-order valence-electron chi connectivity index (χ0n) is 17.9. The molecule has 0 aromatic heterocycles. The summed E-state index contributed by atoms with van der Waals surface area (Å²) in [5, 5.41) is 5.87. The number of benzene rings is 2. The van der Waals surface area contributed by atoms with Crippen molar-refractivity contribution in [1.29, 1.82) is 0 Å². The second-order valence-electron chi connectivity index (χ2n) is 7.62. The van der Waals surface area contributed by atoms with E-state index in [0.717, 1.165) is 24.8 Å². The third-order valence-corrected chi connectivity index (χ3v) is 4.96. The Morgan fingerprint density at radius 1 is 1.00 bits per heavy atom. The summed E-state index contributed by atoms with van der Waals surface area (Å²) in [5.74, 6) is 0.586. The van der Waals surface area contributed by atoms with Crippen molar-refractivity contribution in [3.05, 3.63) is 64.6 Å². The van der Waals surface area contributed by atoms with Crippen LogP contribution in [0.2, 0.25) is 0 Å². The zero-order valence-corrected chi connectivity index (χ0v) is 17.9. The normalized spacial score (nSPS) is 11.6. The van der Waals surface area contributed by atoms with Gasteiger partial charge in [0.15, 0.2) is 0 Å². The fourth-order valence-corrected chi connectivity index (χ4v) is 3.26. The number of aryl methyl sites for hydroxylation is 1. The maximum absolute atomic E-state index is 12.2. The zero-order chi connectivity index (χ0) is 22.3. The van der Waals surface area contributed by atoms with Gasteiger partial charge < -0.3 is 15.8 Å². The number of hydrogen-bond acceptors (Lipinski definition) is 5. The van der Waals surface area contributed by atoms with Crippen molar-refractivity contribution in [1.82, 2.24) is 5.32 Å². The molecule has 2 aromatic carbocycles. The van der Waals surface area contributed by atoms with Gasteiger partial charge in [0, 0.05) is 12.1 Å². The van der Waals surface area contributed by atoms with Gasteiger partial charge >= 0.3 is 0 Å². The lowest BCUT2D eigenvalue weighted by atomic mass is 10.0. The van der Waals surface area contributed by atoms with Crippen molar-refractivity contribution >= 4 is 11.6 Å². The highest BCUT2D eigenvalue weighted by Crippen LogP contribution is 2.14. The summed E-state index contributed by atoms with van der Waals surface area (Å²) < 4.78 is 17.7. The van der Waals surface area contributed by atoms with Gasteiger partial charge in [0.05, 0.1) is 19.3 Å². The Hall–Kier alpha value is -2.96. The van der Waals surface area contributed by atoms with E-state index in [9.17, 15) is 14.1 Å². The Morgan fingerprint density at radius 2 is 1.71 bits per heavy atom. The van der Waals surface area contributed by atoms with Gasteiger partial charge in [-0.05, 0) is 67.5 Å². The number of amides is 1. The van der Waals surface area contributed by atoms with Crippen molar-refractivity contribution in [2.45, 2.75) is 51.0 Å². The number of anilines is 1. The number of carbonyl (C=O) groups excluding carboxylic acids is 1. The smallest absolute Gasteiger partial charge is 0.220 e. The maximum Gasteiger partial charge on any atom is 0.220 e. The summed E-state index contributed by atoms with van der Waals surface area (Å²) in [7, 11) is 0. The third kappa shape index (κ3) is 10.1. The van der Waals surface area contributed by atoms with E-state index in [1.165, 1.54) is 5.56 Å². The number of hydrogen-bond donors (Lipinski definition) is 2. The molecule has 0 heterocycles. The van der Waals surface area contributed by atoms with E-state index < -0.39 is 0 Å². The van der Waals surface area contributed by atoms with Crippen LogP contribution in [0.1, 0.15) is 43.2 Å². The predicted octanol–water partition coefficient (Wildman–Crippen LogP) is 4.60. The van der Waals surface area contributed by atoms with Gasteiger partial charge in [0.25, 0.3) is 0 Å². The molecule has 6 nitrogen and oxygen atoms in total. The molecule has 3 N–H and O–H groups in total. The van der Waals surface area contributed by atoms with Gasteiger partial charge in [-0.2, -0.15) is 4.91 Å². The lowest BCUT2D eigenvalue weighted by Gasteiger charge is -2.16. The van der Waals surface area contributed by atoms with Crippen LogP contribution in [-0.2, 0) is 17.6 Å². The minimum atomic E-state index is -0.335.